The fraction of sp³-hybridized carbons (Fsp3) is 0.514. The number of carbonyl (C=O) groups excluding carboxylic acids is 2. The van der Waals surface area contributed by atoms with Crippen LogP contribution in [0.4, 0.5) is 4.79 Å². The summed E-state index contributed by atoms with van der Waals surface area (Å²) in [7, 11) is 0. The Morgan fingerprint density at radius 2 is 1.18 bits per heavy atom. The fourth-order valence-corrected chi connectivity index (χ4v) is 4.84. The maximum Gasteiger partial charge on any atom is 0.332 e. The van der Waals surface area contributed by atoms with E-state index in [-0.39, 0.29) is 31.1 Å². The standard InChI is InChI=1S/C28H39N3O8.C7H13BrN2O2/c1-2-30-23(19-38-17-21-9-5-3-6-10-21)15-29-16-24(20-39-18-22-11-7-4-8-12-22)31-14-13-28(25(32)33,26(34)35)27(36)37;1-3-7(8,4-2)5(11)10-6(9)12/h3-12,23-24,29-31H,2,13-20H2,1H3,(H,32,33)(H,34,35)(H,36,37);3-4H2,1-2H3,(H3,9,10,11,12). The molecule has 16 heteroatoms. The fourth-order valence-electron chi connectivity index (χ4n) is 4.74. The molecule has 9 N–H and O–H groups in total. The average Bonchev–Trinajstić information content (AvgIpc) is 3.10. The molecule has 2 rings (SSSR count). The van der Waals surface area contributed by atoms with Crippen LogP contribution in [0.15, 0.2) is 60.7 Å². The summed E-state index contributed by atoms with van der Waals surface area (Å²) in [5.41, 5.74) is 3.94. The molecule has 0 fully saturated rings. The Morgan fingerprint density at radius 3 is 1.55 bits per heavy atom. The van der Waals surface area contributed by atoms with Gasteiger partial charge in [-0.2, -0.15) is 0 Å². The Hall–Kier alpha value is -3.93. The summed E-state index contributed by atoms with van der Waals surface area (Å²) < 4.78 is 11.0. The molecular formula is C35H52BrN5O10. The number of carbonyl (C=O) groups is 5. The van der Waals surface area contributed by atoms with Crippen LogP contribution in [0.5, 0.6) is 0 Å². The number of imide groups is 1. The second-order valence-electron chi connectivity index (χ2n) is 11.6. The molecule has 0 aliphatic rings. The highest BCUT2D eigenvalue weighted by molar-refractivity contribution is 9.10. The number of hydrogen-bond acceptors (Lipinski definition) is 10. The van der Waals surface area contributed by atoms with Crippen molar-refractivity contribution in [1.29, 1.82) is 0 Å². The lowest BCUT2D eigenvalue weighted by Gasteiger charge is -2.25. The van der Waals surface area contributed by atoms with Crippen LogP contribution in [0.25, 0.3) is 0 Å². The van der Waals surface area contributed by atoms with Gasteiger partial charge >= 0.3 is 23.9 Å². The van der Waals surface area contributed by atoms with Gasteiger partial charge in [0, 0.05) is 25.2 Å². The van der Waals surface area contributed by atoms with Crippen molar-refractivity contribution < 1.29 is 48.8 Å². The molecule has 2 unspecified atom stereocenters. The maximum absolute atomic E-state index is 11.5. The van der Waals surface area contributed by atoms with Crippen LogP contribution in [0.1, 0.15) is 51.2 Å². The molecule has 0 aliphatic carbocycles. The predicted octanol–water partition coefficient (Wildman–Crippen LogP) is 2.71. The van der Waals surface area contributed by atoms with Gasteiger partial charge in [-0.15, -0.1) is 0 Å². The highest BCUT2D eigenvalue weighted by Gasteiger charge is 2.54. The molecule has 0 spiro atoms. The molecule has 0 bridgehead atoms. The molecule has 3 amide bonds. The summed E-state index contributed by atoms with van der Waals surface area (Å²) in [6.45, 7) is 8.89. The quantitative estimate of drug-likeness (QED) is 0.0566. The third-order valence-electron chi connectivity index (χ3n) is 7.93. The number of hydrogen-bond donors (Lipinski definition) is 8. The van der Waals surface area contributed by atoms with Crippen molar-refractivity contribution in [2.75, 3.05) is 39.4 Å². The highest BCUT2D eigenvalue weighted by atomic mass is 79.9. The summed E-state index contributed by atoms with van der Waals surface area (Å²) in [6.07, 6.45) is 0.598. The van der Waals surface area contributed by atoms with E-state index < -0.39 is 40.1 Å². The first-order valence-electron chi connectivity index (χ1n) is 16.7. The van der Waals surface area contributed by atoms with E-state index >= 15 is 0 Å². The lowest BCUT2D eigenvalue weighted by atomic mass is 9.84. The summed E-state index contributed by atoms with van der Waals surface area (Å²) in [5.74, 6) is -6.12. The number of benzene rings is 2. The van der Waals surface area contributed by atoms with E-state index in [1.165, 1.54) is 0 Å². The van der Waals surface area contributed by atoms with Crippen LogP contribution >= 0.6 is 15.9 Å². The van der Waals surface area contributed by atoms with E-state index in [9.17, 15) is 39.3 Å². The number of aliphatic carboxylic acids is 3. The number of likely N-dealkylation sites (N-methyl/N-ethyl adjacent to an activating group) is 1. The molecule has 0 saturated carbocycles. The van der Waals surface area contributed by atoms with Crippen molar-refractivity contribution in [2.24, 2.45) is 11.1 Å². The second kappa shape index (κ2) is 24.3. The minimum atomic E-state index is -2.93. The van der Waals surface area contributed by atoms with Gasteiger partial charge in [0.25, 0.3) is 5.41 Å². The first-order chi connectivity index (χ1) is 24.2. The Morgan fingerprint density at radius 1 is 0.745 bits per heavy atom. The molecule has 15 nitrogen and oxygen atoms in total. The van der Waals surface area contributed by atoms with Crippen LogP contribution in [-0.4, -0.2) is 101 Å². The van der Waals surface area contributed by atoms with Gasteiger partial charge < -0.3 is 46.5 Å². The number of rotatable bonds is 24. The number of halogens is 1. The number of nitrogens with one attached hydrogen (secondary N) is 4. The molecule has 0 aromatic heterocycles. The number of nitrogens with two attached hydrogens (primary N) is 1. The summed E-state index contributed by atoms with van der Waals surface area (Å²) in [5, 5.41) is 39.9. The molecule has 2 aromatic carbocycles. The minimum absolute atomic E-state index is 0.0308. The van der Waals surface area contributed by atoms with E-state index in [0.717, 1.165) is 17.7 Å². The van der Waals surface area contributed by atoms with Gasteiger partial charge in [0.05, 0.1) is 26.4 Å². The molecular weight excluding hydrogens is 730 g/mol. The predicted molar refractivity (Wildman–Crippen MR) is 194 cm³/mol. The van der Waals surface area contributed by atoms with Crippen molar-refractivity contribution >= 4 is 45.8 Å². The molecule has 2 atom stereocenters. The smallest absolute Gasteiger partial charge is 0.332 e. The van der Waals surface area contributed by atoms with Crippen molar-refractivity contribution in [3.05, 3.63) is 71.8 Å². The number of ether oxygens (including phenoxy) is 2. The molecule has 0 heterocycles. The van der Waals surface area contributed by atoms with Crippen LogP contribution in [0.3, 0.4) is 0 Å². The van der Waals surface area contributed by atoms with Crippen molar-refractivity contribution in [1.82, 2.24) is 21.3 Å². The molecule has 284 valence electrons. The molecule has 0 radical (unpaired) electrons. The van der Waals surface area contributed by atoms with Gasteiger partial charge in [-0.25, -0.2) is 4.79 Å². The van der Waals surface area contributed by atoms with Gasteiger partial charge in [0.1, 0.15) is 4.32 Å². The van der Waals surface area contributed by atoms with E-state index in [2.05, 4.69) is 31.9 Å². The zero-order chi connectivity index (χ0) is 38.3. The number of urea groups is 1. The van der Waals surface area contributed by atoms with Gasteiger partial charge in [-0.3, -0.25) is 24.5 Å². The maximum atomic E-state index is 11.5. The minimum Gasteiger partial charge on any atom is -0.480 e. The van der Waals surface area contributed by atoms with E-state index in [1.807, 2.05) is 86.8 Å². The Bertz CT molecular complexity index is 1310. The molecule has 0 aliphatic heterocycles. The van der Waals surface area contributed by atoms with E-state index in [1.54, 1.807) is 0 Å². The van der Waals surface area contributed by atoms with E-state index in [0.29, 0.717) is 45.8 Å². The van der Waals surface area contributed by atoms with Crippen LogP contribution in [0, 0.1) is 5.41 Å². The number of primary amides is 1. The van der Waals surface area contributed by atoms with Gasteiger partial charge in [-0.05, 0) is 43.5 Å². The first-order valence-corrected chi connectivity index (χ1v) is 17.5. The Kier molecular flexibility index (Phi) is 21.5. The first kappa shape index (κ1) is 45.1. The third-order valence-corrected chi connectivity index (χ3v) is 9.41. The summed E-state index contributed by atoms with van der Waals surface area (Å²) in [6, 6.07) is 18.3. The van der Waals surface area contributed by atoms with Crippen molar-refractivity contribution in [3.63, 3.8) is 0 Å². The van der Waals surface area contributed by atoms with Gasteiger partial charge in [0.2, 0.25) is 5.91 Å². The van der Waals surface area contributed by atoms with Gasteiger partial charge in [-0.1, -0.05) is 97.4 Å². The van der Waals surface area contributed by atoms with E-state index in [4.69, 9.17) is 15.2 Å². The van der Waals surface area contributed by atoms with Gasteiger partial charge in [0.15, 0.2) is 0 Å². The van der Waals surface area contributed by atoms with Crippen molar-refractivity contribution in [3.8, 4) is 0 Å². The molecule has 51 heavy (non-hydrogen) atoms. The largest absolute Gasteiger partial charge is 0.480 e. The highest BCUT2D eigenvalue weighted by Crippen LogP contribution is 2.26. The lowest BCUT2D eigenvalue weighted by molar-refractivity contribution is -0.176. The lowest BCUT2D eigenvalue weighted by Crippen LogP contribution is -2.51. The summed E-state index contributed by atoms with van der Waals surface area (Å²) in [4.78, 5) is 56.3. The normalized spacial score (nSPS) is 12.5. The van der Waals surface area contributed by atoms with Crippen molar-refractivity contribution in [2.45, 2.75) is 69.7 Å². The monoisotopic (exact) mass is 781 g/mol. The van der Waals surface area contributed by atoms with Crippen LogP contribution in [-0.2, 0) is 41.9 Å². The zero-order valence-corrected chi connectivity index (χ0v) is 30.9. The van der Waals surface area contributed by atoms with Crippen LogP contribution < -0.4 is 27.0 Å². The number of carboxylic acid groups (broad SMARTS) is 3. The number of amides is 3. The topological polar surface area (TPSA) is 239 Å². The average molecular weight is 783 g/mol. The summed E-state index contributed by atoms with van der Waals surface area (Å²) >= 11 is 3.26. The van der Waals surface area contributed by atoms with Crippen LogP contribution in [0.2, 0.25) is 0 Å². The Balaban J connectivity index is 0.000000922. The second-order valence-corrected chi connectivity index (χ2v) is 13.1. The Labute approximate surface area is 307 Å². The zero-order valence-electron chi connectivity index (χ0n) is 29.4. The third kappa shape index (κ3) is 16.3. The SMILES string of the molecule is CCC(Br)(CC)C(=O)NC(N)=O.CCNC(CNCC(COCc1ccccc1)NCCC(C(=O)O)(C(=O)O)C(=O)O)COCc1ccccc1. The molecule has 2 aromatic rings. The molecule has 0 saturated heterocycles. The number of carboxylic acids is 3. The number of alkyl halides is 1.